The number of carbonyl (C=O) groups is 1. The molecule has 1 amide bonds. The maximum Gasteiger partial charge on any atom is 0.286 e. The molecule has 0 saturated carbocycles. The van der Waals surface area contributed by atoms with Crippen LogP contribution in [0.1, 0.15) is 23.2 Å². The lowest BCUT2D eigenvalue weighted by Crippen LogP contribution is -2.41. The summed E-state index contributed by atoms with van der Waals surface area (Å²) in [6.45, 7) is 2.92. The van der Waals surface area contributed by atoms with Gasteiger partial charge in [-0.25, -0.2) is 0 Å². The number of carbonyl (C=O) groups excluding carboxylic acids is 1. The quantitative estimate of drug-likeness (QED) is 0.593. The molecule has 2 fully saturated rings. The molecule has 26 heavy (non-hydrogen) atoms. The molecule has 3 heterocycles. The highest BCUT2D eigenvalue weighted by Crippen LogP contribution is 2.37. The predicted molar refractivity (Wildman–Crippen MR) is 88.4 cm³/mol. The highest BCUT2D eigenvalue weighted by atomic mass is 16.7. The molecule has 0 aromatic heterocycles. The Kier molecular flexibility index (Phi) is 4.64. The Morgan fingerprint density at radius 3 is 2.27 bits per heavy atom. The van der Waals surface area contributed by atoms with Gasteiger partial charge in [-0.1, -0.05) is 0 Å². The highest BCUT2D eigenvalue weighted by Gasteiger charge is 2.34. The first-order valence-corrected chi connectivity index (χ1v) is 8.74. The lowest BCUT2D eigenvalue weighted by atomic mass is 9.95. The molecule has 0 N–H and O–H groups in total. The van der Waals surface area contributed by atoms with Gasteiger partial charge in [-0.15, -0.1) is 0 Å². The summed E-state index contributed by atoms with van der Waals surface area (Å²) >= 11 is 0. The highest BCUT2D eigenvalue weighted by molar-refractivity contribution is 5.99. The largest absolute Gasteiger partial charge is 0.486 e. The summed E-state index contributed by atoms with van der Waals surface area (Å²) in [6.07, 6.45) is 1.29. The van der Waals surface area contributed by atoms with E-state index in [9.17, 15) is 14.9 Å². The number of ether oxygens (including phenoxy) is 4. The zero-order valence-electron chi connectivity index (χ0n) is 14.2. The van der Waals surface area contributed by atoms with Crippen LogP contribution in [0.25, 0.3) is 0 Å². The van der Waals surface area contributed by atoms with E-state index < -0.39 is 4.92 Å². The molecule has 0 unspecified atom stereocenters. The third-order valence-corrected chi connectivity index (χ3v) is 4.95. The maximum absolute atomic E-state index is 12.9. The van der Waals surface area contributed by atoms with E-state index in [0.29, 0.717) is 51.0 Å². The first-order valence-electron chi connectivity index (χ1n) is 8.74. The number of nitro benzene ring substituents is 1. The maximum atomic E-state index is 12.9. The minimum atomic E-state index is -0.557. The van der Waals surface area contributed by atoms with Gasteiger partial charge in [0.1, 0.15) is 18.8 Å². The number of benzene rings is 1. The third kappa shape index (κ3) is 3.19. The topological polar surface area (TPSA) is 100 Å². The van der Waals surface area contributed by atoms with Gasteiger partial charge in [0.25, 0.3) is 11.6 Å². The van der Waals surface area contributed by atoms with E-state index in [1.54, 1.807) is 4.90 Å². The van der Waals surface area contributed by atoms with Crippen LogP contribution in [-0.2, 0) is 9.47 Å². The van der Waals surface area contributed by atoms with Gasteiger partial charge in [-0.3, -0.25) is 14.9 Å². The monoisotopic (exact) mass is 364 g/mol. The summed E-state index contributed by atoms with van der Waals surface area (Å²) in [6, 6.07) is 2.69. The fraction of sp³-hybridized carbons (Fsp3) is 0.588. The molecule has 3 aliphatic heterocycles. The van der Waals surface area contributed by atoms with Gasteiger partial charge in [0.05, 0.1) is 24.2 Å². The Hall–Kier alpha value is -2.39. The fourth-order valence-corrected chi connectivity index (χ4v) is 3.59. The number of rotatable bonds is 3. The van der Waals surface area contributed by atoms with Crippen LogP contribution in [0.2, 0.25) is 0 Å². The number of hydrogen-bond acceptors (Lipinski definition) is 7. The molecule has 1 aromatic carbocycles. The third-order valence-electron chi connectivity index (χ3n) is 4.95. The van der Waals surface area contributed by atoms with Crippen LogP contribution in [0.15, 0.2) is 12.1 Å². The number of nitro groups is 1. The van der Waals surface area contributed by atoms with Crippen molar-refractivity contribution in [2.75, 3.05) is 39.5 Å². The van der Waals surface area contributed by atoms with E-state index in [-0.39, 0.29) is 29.4 Å². The summed E-state index contributed by atoms with van der Waals surface area (Å²) < 4.78 is 21.9. The predicted octanol–water partition coefficient (Wildman–Crippen LogP) is 1.59. The molecule has 140 valence electrons. The first kappa shape index (κ1) is 17.0. The standard InChI is InChI=1S/C17H20N2O7/c20-16(18-3-1-11(2-4-18)17-25-7-8-26-17)12-9-14-15(24-6-5-23-14)10-13(12)19(21)22/h9-11,17H,1-8H2. The molecule has 0 atom stereocenters. The molecule has 4 rings (SSSR count). The summed E-state index contributed by atoms with van der Waals surface area (Å²) in [7, 11) is 0. The minimum absolute atomic E-state index is 0.0334. The van der Waals surface area contributed by atoms with Crippen LogP contribution in [0, 0.1) is 16.0 Å². The van der Waals surface area contributed by atoms with E-state index in [1.165, 1.54) is 12.1 Å². The smallest absolute Gasteiger partial charge is 0.286 e. The van der Waals surface area contributed by atoms with E-state index in [0.717, 1.165) is 12.8 Å². The molecule has 0 bridgehead atoms. The van der Waals surface area contributed by atoms with Crippen LogP contribution in [0.4, 0.5) is 5.69 Å². The zero-order chi connectivity index (χ0) is 18.1. The van der Waals surface area contributed by atoms with Crippen LogP contribution in [-0.4, -0.2) is 61.5 Å². The van der Waals surface area contributed by atoms with Crippen LogP contribution < -0.4 is 9.47 Å². The average Bonchev–Trinajstić information content (AvgIpc) is 3.21. The average molecular weight is 364 g/mol. The second kappa shape index (κ2) is 7.08. The van der Waals surface area contributed by atoms with E-state index in [1.807, 2.05) is 0 Å². The molecule has 2 saturated heterocycles. The normalized spacial score (nSPS) is 21.0. The van der Waals surface area contributed by atoms with Gasteiger partial charge >= 0.3 is 0 Å². The van der Waals surface area contributed by atoms with Crippen LogP contribution in [0.3, 0.4) is 0 Å². The number of piperidine rings is 1. The lowest BCUT2D eigenvalue weighted by Gasteiger charge is -2.34. The van der Waals surface area contributed by atoms with E-state index in [4.69, 9.17) is 18.9 Å². The van der Waals surface area contributed by atoms with E-state index >= 15 is 0 Å². The molecule has 3 aliphatic rings. The molecular weight excluding hydrogens is 344 g/mol. The molecule has 9 nitrogen and oxygen atoms in total. The molecule has 0 spiro atoms. The van der Waals surface area contributed by atoms with Crippen molar-refractivity contribution in [1.29, 1.82) is 0 Å². The van der Waals surface area contributed by atoms with Crippen molar-refractivity contribution in [2.24, 2.45) is 5.92 Å². The second-order valence-corrected chi connectivity index (χ2v) is 6.51. The van der Waals surface area contributed by atoms with Gasteiger partial charge in [0.15, 0.2) is 17.8 Å². The number of likely N-dealkylation sites (tertiary alicyclic amines) is 1. The molecule has 0 radical (unpaired) electrons. The van der Waals surface area contributed by atoms with Gasteiger partial charge in [-0.05, 0) is 12.8 Å². The number of fused-ring (bicyclic) bond motifs is 1. The number of amides is 1. The van der Waals surface area contributed by atoms with Crippen molar-refractivity contribution in [3.63, 3.8) is 0 Å². The van der Waals surface area contributed by atoms with Crippen LogP contribution >= 0.6 is 0 Å². The fourth-order valence-electron chi connectivity index (χ4n) is 3.59. The Morgan fingerprint density at radius 1 is 1.04 bits per heavy atom. The summed E-state index contributed by atoms with van der Waals surface area (Å²) in [5.74, 6) is 0.554. The molecule has 9 heteroatoms. The Morgan fingerprint density at radius 2 is 1.65 bits per heavy atom. The van der Waals surface area contributed by atoms with Gasteiger partial charge in [0, 0.05) is 25.1 Å². The van der Waals surface area contributed by atoms with Gasteiger partial charge < -0.3 is 23.8 Å². The number of hydrogen-bond donors (Lipinski definition) is 0. The van der Waals surface area contributed by atoms with Crippen molar-refractivity contribution in [3.8, 4) is 11.5 Å². The molecule has 1 aromatic rings. The SMILES string of the molecule is O=C(c1cc2c(cc1[N+](=O)[O-])OCCO2)N1CCC(C2OCCO2)CC1. The summed E-state index contributed by atoms with van der Waals surface area (Å²) in [4.78, 5) is 25.4. The Bertz CT molecular complexity index is 709. The molecule has 0 aliphatic carbocycles. The van der Waals surface area contributed by atoms with Crippen molar-refractivity contribution >= 4 is 11.6 Å². The first-order chi connectivity index (χ1) is 12.6. The van der Waals surface area contributed by atoms with Crippen LogP contribution in [0.5, 0.6) is 11.5 Å². The zero-order valence-corrected chi connectivity index (χ0v) is 14.2. The van der Waals surface area contributed by atoms with Gasteiger partial charge in [0.2, 0.25) is 0 Å². The Labute approximate surface area is 149 Å². The lowest BCUT2D eigenvalue weighted by molar-refractivity contribution is -0.385. The van der Waals surface area contributed by atoms with Crippen molar-refractivity contribution < 1.29 is 28.7 Å². The Balaban J connectivity index is 1.51. The second-order valence-electron chi connectivity index (χ2n) is 6.51. The van der Waals surface area contributed by atoms with Crippen molar-refractivity contribution in [3.05, 3.63) is 27.8 Å². The molecular formula is C17H20N2O7. The summed E-state index contributed by atoms with van der Waals surface area (Å²) in [5.41, 5.74) is -0.227. The van der Waals surface area contributed by atoms with Crippen molar-refractivity contribution in [2.45, 2.75) is 19.1 Å². The van der Waals surface area contributed by atoms with Crippen molar-refractivity contribution in [1.82, 2.24) is 4.90 Å². The van der Waals surface area contributed by atoms with Gasteiger partial charge in [-0.2, -0.15) is 0 Å². The number of nitrogens with zero attached hydrogens (tertiary/aromatic N) is 2. The minimum Gasteiger partial charge on any atom is -0.486 e. The van der Waals surface area contributed by atoms with E-state index in [2.05, 4.69) is 0 Å². The summed E-state index contributed by atoms with van der Waals surface area (Å²) in [5, 5.41) is 11.4.